The number of nitrogens with one attached hydrogen (secondary N) is 1. The van der Waals surface area contributed by atoms with E-state index in [1.54, 1.807) is 13.0 Å². The van der Waals surface area contributed by atoms with Gasteiger partial charge in [-0.15, -0.1) is 0 Å². The van der Waals surface area contributed by atoms with Crippen LogP contribution in [-0.4, -0.2) is 47.7 Å². The molecule has 0 heterocycles. The second-order valence-electron chi connectivity index (χ2n) is 11.7. The molecule has 1 aromatic carbocycles. The van der Waals surface area contributed by atoms with Gasteiger partial charge in [-0.3, -0.25) is 19.2 Å². The van der Waals surface area contributed by atoms with Gasteiger partial charge in [-0.25, -0.2) is 0 Å². The number of benzene rings is 1. The van der Waals surface area contributed by atoms with E-state index in [2.05, 4.69) is 5.32 Å². The molecule has 0 spiro atoms. The van der Waals surface area contributed by atoms with Crippen molar-refractivity contribution in [3.63, 3.8) is 0 Å². The second-order valence-corrected chi connectivity index (χ2v) is 11.7. The largest absolute Gasteiger partial charge is 0.480 e. The van der Waals surface area contributed by atoms with Gasteiger partial charge in [-0.2, -0.15) is 0 Å². The van der Waals surface area contributed by atoms with Crippen LogP contribution in [0.5, 0.6) is 11.5 Å². The third kappa shape index (κ3) is 14.1. The smallest absolute Gasteiger partial charge is 0.321 e. The summed E-state index contributed by atoms with van der Waals surface area (Å²) in [6.07, 6.45) is 1.85. The lowest BCUT2D eigenvalue weighted by molar-refractivity contribution is -0.150. The Morgan fingerprint density at radius 2 is 1.41 bits per heavy atom. The average molecular weight is 550 g/mol. The van der Waals surface area contributed by atoms with Gasteiger partial charge in [0.15, 0.2) is 11.5 Å². The van der Waals surface area contributed by atoms with Crippen molar-refractivity contribution in [1.29, 1.82) is 0 Å². The summed E-state index contributed by atoms with van der Waals surface area (Å²) in [6.45, 7) is 15.5. The van der Waals surface area contributed by atoms with Gasteiger partial charge in [0, 0.05) is 19.4 Å². The molecule has 0 aliphatic heterocycles. The first-order valence-electron chi connectivity index (χ1n) is 13.8. The Morgan fingerprint density at radius 1 is 0.872 bits per heavy atom. The van der Waals surface area contributed by atoms with Gasteiger partial charge in [-0.05, 0) is 48.3 Å². The fourth-order valence-electron chi connectivity index (χ4n) is 3.56. The minimum Gasteiger partial charge on any atom is -0.480 e. The first-order chi connectivity index (χ1) is 18.1. The Labute approximate surface area is 233 Å². The molecule has 2 N–H and O–H groups in total. The highest BCUT2D eigenvalue weighted by atomic mass is 16.6. The van der Waals surface area contributed by atoms with Gasteiger partial charge in [-0.1, -0.05) is 67.4 Å². The van der Waals surface area contributed by atoms with E-state index in [-0.39, 0.29) is 66.9 Å². The number of hydrogen-bond acceptors (Lipinski definition) is 8. The highest BCUT2D eigenvalue weighted by Crippen LogP contribution is 2.31. The number of hydrogen-bond donors (Lipinski definition) is 2. The fourth-order valence-corrected chi connectivity index (χ4v) is 3.56. The molecule has 0 amide bonds. The fraction of sp³-hybridized carbons (Fsp3) is 0.667. The van der Waals surface area contributed by atoms with Crippen LogP contribution in [0.3, 0.4) is 0 Å². The van der Waals surface area contributed by atoms with Crippen LogP contribution in [0.15, 0.2) is 18.2 Å². The maximum Gasteiger partial charge on any atom is 0.321 e. The molecule has 0 saturated heterocycles. The van der Waals surface area contributed by atoms with Crippen LogP contribution >= 0.6 is 0 Å². The quantitative estimate of drug-likeness (QED) is 0.208. The Hall–Kier alpha value is -2.94. The Morgan fingerprint density at radius 3 is 1.90 bits per heavy atom. The number of rotatable bonds is 16. The lowest BCUT2D eigenvalue weighted by atomic mass is 9.92. The molecular weight excluding hydrogens is 502 g/mol. The van der Waals surface area contributed by atoms with Crippen LogP contribution in [0.25, 0.3) is 0 Å². The van der Waals surface area contributed by atoms with Crippen molar-refractivity contribution in [1.82, 2.24) is 5.32 Å². The van der Waals surface area contributed by atoms with E-state index in [0.717, 1.165) is 12.8 Å². The maximum absolute atomic E-state index is 12.5. The van der Waals surface area contributed by atoms with Gasteiger partial charge in [0.25, 0.3) is 0 Å². The molecule has 9 nitrogen and oxygen atoms in total. The van der Waals surface area contributed by atoms with Crippen molar-refractivity contribution in [2.75, 3.05) is 6.54 Å². The number of carbonyl (C=O) groups is 4. The third-order valence-corrected chi connectivity index (χ3v) is 6.28. The molecule has 0 aromatic heterocycles. The van der Waals surface area contributed by atoms with Crippen molar-refractivity contribution in [3.8, 4) is 11.5 Å². The molecular formula is C30H47NO8. The van der Waals surface area contributed by atoms with Crippen LogP contribution in [0.1, 0.15) is 93.1 Å². The van der Waals surface area contributed by atoms with Gasteiger partial charge < -0.3 is 24.6 Å². The zero-order valence-electron chi connectivity index (χ0n) is 24.8. The lowest BCUT2D eigenvalue weighted by Crippen LogP contribution is -2.42. The molecule has 0 bridgehead atoms. The average Bonchev–Trinajstić information content (AvgIpc) is 2.81. The van der Waals surface area contributed by atoms with Crippen molar-refractivity contribution < 1.29 is 38.5 Å². The van der Waals surface area contributed by atoms with Crippen molar-refractivity contribution >= 4 is 23.9 Å². The summed E-state index contributed by atoms with van der Waals surface area (Å²) in [5.41, 5.74) is 0.360. The number of esters is 3. The van der Waals surface area contributed by atoms with Gasteiger partial charge in [0.05, 0.1) is 6.42 Å². The summed E-state index contributed by atoms with van der Waals surface area (Å²) in [7, 11) is 0. The van der Waals surface area contributed by atoms with E-state index in [4.69, 9.17) is 14.2 Å². The van der Waals surface area contributed by atoms with E-state index < -0.39 is 30.1 Å². The Balaban J connectivity index is 3.01. The SMILES string of the molecule is CCC(C)CC(=O)Oc1ccc(C[C@H](NCC(C)OC(=O)CC(C)(C)C)C(=O)O)cc1OC(=O)CC(C)CC. The number of carbonyl (C=O) groups excluding carboxylic acids is 3. The molecule has 1 aromatic rings. The molecule has 0 fully saturated rings. The number of ether oxygens (including phenoxy) is 3. The summed E-state index contributed by atoms with van der Waals surface area (Å²) in [5.74, 6) is -1.86. The van der Waals surface area contributed by atoms with E-state index >= 15 is 0 Å². The van der Waals surface area contributed by atoms with E-state index in [9.17, 15) is 24.3 Å². The first-order valence-corrected chi connectivity index (χ1v) is 13.8. The topological polar surface area (TPSA) is 128 Å². The van der Waals surface area contributed by atoms with Crippen LogP contribution in [0, 0.1) is 17.3 Å². The molecule has 0 radical (unpaired) electrons. The molecule has 0 aliphatic carbocycles. The summed E-state index contributed by atoms with van der Waals surface area (Å²) < 4.78 is 16.5. The highest BCUT2D eigenvalue weighted by Gasteiger charge is 2.23. The summed E-state index contributed by atoms with van der Waals surface area (Å²) in [5, 5.41) is 12.7. The Kier molecular flexibility index (Phi) is 14.2. The molecule has 1 rings (SSSR count). The number of aliphatic carboxylic acids is 1. The van der Waals surface area contributed by atoms with Crippen molar-refractivity contribution in [2.24, 2.45) is 17.3 Å². The summed E-state index contributed by atoms with van der Waals surface area (Å²) in [6, 6.07) is 3.70. The summed E-state index contributed by atoms with van der Waals surface area (Å²) in [4.78, 5) is 49.0. The number of carboxylic acid groups (broad SMARTS) is 1. The van der Waals surface area contributed by atoms with Crippen molar-refractivity contribution in [3.05, 3.63) is 23.8 Å². The van der Waals surface area contributed by atoms with E-state index in [0.29, 0.717) is 5.56 Å². The molecule has 0 aliphatic rings. The van der Waals surface area contributed by atoms with Crippen molar-refractivity contribution in [2.45, 2.75) is 106 Å². The monoisotopic (exact) mass is 549 g/mol. The third-order valence-electron chi connectivity index (χ3n) is 6.28. The second kappa shape index (κ2) is 16.2. The molecule has 3 unspecified atom stereocenters. The predicted molar refractivity (Wildman–Crippen MR) is 149 cm³/mol. The normalized spacial score (nSPS) is 14.6. The predicted octanol–water partition coefficient (Wildman–Crippen LogP) is 5.32. The Bertz CT molecular complexity index is 968. The lowest BCUT2D eigenvalue weighted by Gasteiger charge is -2.21. The first kappa shape index (κ1) is 34.1. The van der Waals surface area contributed by atoms with Crippen LogP contribution < -0.4 is 14.8 Å². The molecule has 9 heteroatoms. The van der Waals surface area contributed by atoms with Gasteiger partial charge >= 0.3 is 23.9 Å². The molecule has 39 heavy (non-hydrogen) atoms. The highest BCUT2D eigenvalue weighted by molar-refractivity contribution is 5.77. The van der Waals surface area contributed by atoms with Crippen LogP contribution in [0.4, 0.5) is 0 Å². The zero-order valence-corrected chi connectivity index (χ0v) is 24.8. The summed E-state index contributed by atoms with van der Waals surface area (Å²) >= 11 is 0. The van der Waals surface area contributed by atoms with Gasteiger partial charge in [0.2, 0.25) is 0 Å². The minimum atomic E-state index is -1.08. The molecule has 0 saturated carbocycles. The zero-order chi connectivity index (χ0) is 29.8. The maximum atomic E-state index is 12.5. The van der Waals surface area contributed by atoms with Gasteiger partial charge in [0.1, 0.15) is 12.1 Å². The van der Waals surface area contributed by atoms with Crippen LogP contribution in [-0.2, 0) is 30.3 Å². The molecule has 4 atom stereocenters. The minimum absolute atomic E-state index is 0.0645. The molecule has 220 valence electrons. The van der Waals surface area contributed by atoms with Crippen LogP contribution in [0.2, 0.25) is 0 Å². The van der Waals surface area contributed by atoms with E-state index in [1.807, 2.05) is 48.5 Å². The standard InChI is InChI=1S/C30H47NO8/c1-9-19(3)13-26(32)38-24-12-11-22(16-25(24)39-27(33)14-20(4)10-2)15-23(29(35)36)31-18-21(5)37-28(34)17-30(6,7)8/h11-12,16,19-21,23,31H,9-10,13-15,17-18H2,1-8H3,(H,35,36)/t19?,20?,21?,23-/m0/s1. The van der Waals surface area contributed by atoms with E-state index in [1.165, 1.54) is 12.1 Å². The number of carboxylic acids is 1.